The molecule has 2 N–H and O–H groups in total. The molecule has 3 rings (SSSR count). The lowest BCUT2D eigenvalue weighted by atomic mass is 9.97. The van der Waals surface area contributed by atoms with Crippen molar-refractivity contribution in [2.75, 3.05) is 12.4 Å². The van der Waals surface area contributed by atoms with Crippen molar-refractivity contribution in [3.05, 3.63) is 29.8 Å². The van der Waals surface area contributed by atoms with Gasteiger partial charge in [0.15, 0.2) is 5.13 Å². The Labute approximate surface area is 143 Å². The van der Waals surface area contributed by atoms with E-state index in [0.717, 1.165) is 18.5 Å². The summed E-state index contributed by atoms with van der Waals surface area (Å²) in [5, 5.41) is 7.83. The summed E-state index contributed by atoms with van der Waals surface area (Å²) in [5.41, 5.74) is 0.527. The molecule has 0 spiro atoms. The molecular formula is C16H18N4O3S. The number of hydrogen-bond acceptors (Lipinski definition) is 6. The highest BCUT2D eigenvalue weighted by molar-refractivity contribution is 7.14. The highest BCUT2D eigenvalue weighted by Gasteiger charge is 2.43. The van der Waals surface area contributed by atoms with Gasteiger partial charge in [-0.25, -0.2) is 9.78 Å². The quantitative estimate of drug-likeness (QED) is 0.888. The average molecular weight is 346 g/mol. The molecule has 0 saturated heterocycles. The molecule has 2 heterocycles. The molecule has 0 unspecified atom stereocenters. The third-order valence-corrected chi connectivity index (χ3v) is 4.83. The SMILES string of the molecule is COC(=O)NC1(C(=O)Nc2nc(-c3ccccn3)cs2)CCCC1. The van der Waals surface area contributed by atoms with Crippen molar-refractivity contribution in [1.82, 2.24) is 15.3 Å². The summed E-state index contributed by atoms with van der Waals surface area (Å²) in [6, 6.07) is 5.58. The Hall–Kier alpha value is -2.48. The molecule has 24 heavy (non-hydrogen) atoms. The van der Waals surface area contributed by atoms with Crippen LogP contribution < -0.4 is 10.6 Å². The first-order chi connectivity index (χ1) is 11.6. The van der Waals surface area contributed by atoms with Gasteiger partial charge in [-0.05, 0) is 25.0 Å². The summed E-state index contributed by atoms with van der Waals surface area (Å²) in [7, 11) is 1.29. The van der Waals surface area contributed by atoms with Crippen LogP contribution >= 0.6 is 11.3 Å². The lowest BCUT2D eigenvalue weighted by molar-refractivity contribution is -0.122. The number of aromatic nitrogens is 2. The van der Waals surface area contributed by atoms with Gasteiger partial charge in [0.05, 0.1) is 12.8 Å². The van der Waals surface area contributed by atoms with Gasteiger partial charge in [0, 0.05) is 11.6 Å². The second-order valence-corrected chi connectivity index (χ2v) is 6.47. The zero-order chi connectivity index (χ0) is 17.0. The maximum atomic E-state index is 12.7. The highest BCUT2D eigenvalue weighted by atomic mass is 32.1. The number of pyridine rings is 1. The number of ether oxygens (including phenoxy) is 1. The second-order valence-electron chi connectivity index (χ2n) is 5.61. The predicted octanol–water partition coefficient (Wildman–Crippen LogP) is 2.81. The summed E-state index contributed by atoms with van der Waals surface area (Å²) < 4.78 is 4.65. The van der Waals surface area contributed by atoms with Crippen molar-refractivity contribution in [2.45, 2.75) is 31.2 Å². The van der Waals surface area contributed by atoms with Gasteiger partial charge >= 0.3 is 6.09 Å². The third-order valence-electron chi connectivity index (χ3n) is 4.07. The number of thiazole rings is 1. The fraction of sp³-hybridized carbons (Fsp3) is 0.375. The zero-order valence-electron chi connectivity index (χ0n) is 13.2. The molecule has 1 saturated carbocycles. The van der Waals surface area contributed by atoms with Crippen molar-refractivity contribution in [2.24, 2.45) is 0 Å². The monoisotopic (exact) mass is 346 g/mol. The topological polar surface area (TPSA) is 93.2 Å². The molecule has 1 aliphatic carbocycles. The Morgan fingerprint density at radius 1 is 1.25 bits per heavy atom. The number of anilines is 1. The van der Waals surface area contributed by atoms with Crippen molar-refractivity contribution in [3.8, 4) is 11.4 Å². The molecule has 1 fully saturated rings. The molecule has 0 aliphatic heterocycles. The maximum Gasteiger partial charge on any atom is 0.407 e. The van der Waals surface area contributed by atoms with E-state index < -0.39 is 11.6 Å². The lowest BCUT2D eigenvalue weighted by Crippen LogP contribution is -2.55. The van der Waals surface area contributed by atoms with Gasteiger partial charge in [-0.2, -0.15) is 0 Å². The first-order valence-corrected chi connectivity index (χ1v) is 8.55. The van der Waals surface area contributed by atoms with Crippen LogP contribution in [0.2, 0.25) is 0 Å². The molecule has 2 aromatic heterocycles. The minimum absolute atomic E-state index is 0.257. The second kappa shape index (κ2) is 6.96. The molecule has 8 heteroatoms. The molecular weight excluding hydrogens is 328 g/mol. The number of carbonyl (C=O) groups excluding carboxylic acids is 2. The smallest absolute Gasteiger partial charge is 0.407 e. The number of hydrogen-bond donors (Lipinski definition) is 2. The van der Waals surface area contributed by atoms with Gasteiger partial charge in [-0.3, -0.25) is 15.1 Å². The summed E-state index contributed by atoms with van der Waals surface area (Å²) in [5.74, 6) is -0.257. The molecule has 2 aromatic rings. The average Bonchev–Trinajstić information content (AvgIpc) is 3.26. The van der Waals surface area contributed by atoms with Gasteiger partial charge in [0.2, 0.25) is 0 Å². The lowest BCUT2D eigenvalue weighted by Gasteiger charge is -2.27. The Morgan fingerprint density at radius 3 is 2.71 bits per heavy atom. The van der Waals surface area contributed by atoms with Crippen LogP contribution in [0.5, 0.6) is 0 Å². The van der Waals surface area contributed by atoms with Crippen molar-refractivity contribution < 1.29 is 14.3 Å². The van der Waals surface area contributed by atoms with Crippen LogP contribution in [-0.2, 0) is 9.53 Å². The molecule has 0 aromatic carbocycles. The van der Waals surface area contributed by atoms with Crippen molar-refractivity contribution in [3.63, 3.8) is 0 Å². The Morgan fingerprint density at radius 2 is 2.04 bits per heavy atom. The largest absolute Gasteiger partial charge is 0.453 e. The molecule has 0 atom stereocenters. The summed E-state index contributed by atoms with van der Waals surface area (Å²) >= 11 is 1.33. The Balaban J connectivity index is 1.74. The van der Waals surface area contributed by atoms with Gasteiger partial charge in [0.25, 0.3) is 5.91 Å². The number of rotatable bonds is 4. The molecule has 0 bridgehead atoms. The summed E-state index contributed by atoms with van der Waals surface area (Å²) in [6.45, 7) is 0. The van der Waals surface area contributed by atoms with Crippen LogP contribution in [0.15, 0.2) is 29.8 Å². The molecule has 1 aliphatic rings. The maximum absolute atomic E-state index is 12.7. The minimum atomic E-state index is -0.927. The van der Waals surface area contributed by atoms with Crippen LogP contribution in [0.1, 0.15) is 25.7 Å². The van der Waals surface area contributed by atoms with E-state index in [1.54, 1.807) is 6.20 Å². The van der Waals surface area contributed by atoms with Gasteiger partial charge in [0.1, 0.15) is 11.2 Å². The number of carbonyl (C=O) groups is 2. The Bertz CT molecular complexity index is 726. The zero-order valence-corrected chi connectivity index (χ0v) is 14.1. The number of nitrogens with zero attached hydrogens (tertiary/aromatic N) is 2. The van der Waals surface area contributed by atoms with E-state index in [-0.39, 0.29) is 5.91 Å². The standard InChI is InChI=1S/C16H18N4O3S/c1-23-15(22)20-16(7-3-4-8-16)13(21)19-14-18-12(10-24-14)11-6-2-5-9-17-11/h2,5-6,9-10H,3-4,7-8H2,1H3,(H,20,22)(H,18,19,21). The van der Waals surface area contributed by atoms with Gasteiger partial charge < -0.3 is 10.1 Å². The molecule has 7 nitrogen and oxygen atoms in total. The fourth-order valence-corrected chi connectivity index (χ4v) is 3.51. The normalized spacial score (nSPS) is 15.7. The van der Waals surface area contributed by atoms with E-state index in [0.29, 0.717) is 23.7 Å². The van der Waals surface area contributed by atoms with Gasteiger partial charge in [-0.1, -0.05) is 18.9 Å². The van der Waals surface area contributed by atoms with Crippen molar-refractivity contribution in [1.29, 1.82) is 0 Å². The number of amides is 2. The highest BCUT2D eigenvalue weighted by Crippen LogP contribution is 2.32. The minimum Gasteiger partial charge on any atom is -0.453 e. The number of alkyl carbamates (subject to hydrolysis) is 1. The van der Waals surface area contributed by atoms with E-state index >= 15 is 0 Å². The predicted molar refractivity (Wildman–Crippen MR) is 90.7 cm³/mol. The van der Waals surface area contributed by atoms with E-state index in [1.165, 1.54) is 18.4 Å². The molecule has 2 amide bonds. The van der Waals surface area contributed by atoms with Gasteiger partial charge in [-0.15, -0.1) is 11.3 Å². The number of nitrogens with one attached hydrogen (secondary N) is 2. The fourth-order valence-electron chi connectivity index (χ4n) is 2.81. The van der Waals surface area contributed by atoms with E-state index in [1.807, 2.05) is 23.6 Å². The van der Waals surface area contributed by atoms with Crippen molar-refractivity contribution >= 4 is 28.5 Å². The summed E-state index contributed by atoms with van der Waals surface area (Å²) in [4.78, 5) is 32.9. The third kappa shape index (κ3) is 3.38. The van der Waals surface area contributed by atoms with E-state index in [2.05, 4.69) is 25.3 Å². The van der Waals surface area contributed by atoms with Crippen LogP contribution in [0.3, 0.4) is 0 Å². The number of methoxy groups -OCH3 is 1. The van der Waals surface area contributed by atoms with Crippen LogP contribution in [0.4, 0.5) is 9.93 Å². The van der Waals surface area contributed by atoms with Crippen LogP contribution in [0, 0.1) is 0 Å². The molecule has 0 radical (unpaired) electrons. The first-order valence-electron chi connectivity index (χ1n) is 7.67. The van der Waals surface area contributed by atoms with Crippen LogP contribution in [-0.4, -0.2) is 34.6 Å². The summed E-state index contributed by atoms with van der Waals surface area (Å²) in [6.07, 6.45) is 4.04. The van der Waals surface area contributed by atoms with E-state index in [9.17, 15) is 9.59 Å². The first kappa shape index (κ1) is 16.4. The van der Waals surface area contributed by atoms with Crippen LogP contribution in [0.25, 0.3) is 11.4 Å². The molecule has 126 valence electrons. The van der Waals surface area contributed by atoms with E-state index in [4.69, 9.17) is 0 Å². The Kier molecular flexibility index (Phi) is 4.75.